The van der Waals surface area contributed by atoms with E-state index in [-0.39, 0.29) is 16.4 Å². The van der Waals surface area contributed by atoms with Crippen molar-refractivity contribution < 1.29 is 19.1 Å². The molecule has 0 aliphatic heterocycles. The molecule has 0 aliphatic carbocycles. The standard InChI is InChI=1S/C18H22ClNO5/c1-4-20(5-2)9-8-13-11(3)12-6-7-14(24-10-15(21)22)16(19)17(12)25-18(13)23/h6-7H,4-5,8-10H2,1-3H3,(H,21,22). The molecule has 0 amide bonds. The summed E-state index contributed by atoms with van der Waals surface area (Å²) in [5.74, 6) is -0.935. The van der Waals surface area contributed by atoms with Crippen LogP contribution in [0.3, 0.4) is 0 Å². The Morgan fingerprint density at radius 3 is 2.60 bits per heavy atom. The lowest BCUT2D eigenvalue weighted by Gasteiger charge is -2.18. The number of benzene rings is 1. The third kappa shape index (κ3) is 4.32. The van der Waals surface area contributed by atoms with E-state index in [0.29, 0.717) is 12.0 Å². The number of halogens is 1. The van der Waals surface area contributed by atoms with E-state index < -0.39 is 18.2 Å². The van der Waals surface area contributed by atoms with Gasteiger partial charge in [0.25, 0.3) is 0 Å². The molecule has 6 nitrogen and oxygen atoms in total. The van der Waals surface area contributed by atoms with Crippen LogP contribution in [-0.4, -0.2) is 42.2 Å². The Hall–Kier alpha value is -2.05. The third-order valence-corrected chi connectivity index (χ3v) is 4.64. The van der Waals surface area contributed by atoms with Crippen molar-refractivity contribution >= 4 is 28.5 Å². The number of ether oxygens (including phenoxy) is 1. The predicted molar refractivity (Wildman–Crippen MR) is 96.9 cm³/mol. The van der Waals surface area contributed by atoms with Crippen LogP contribution in [0.5, 0.6) is 5.75 Å². The zero-order chi connectivity index (χ0) is 18.6. The summed E-state index contributed by atoms with van der Waals surface area (Å²) >= 11 is 6.23. The van der Waals surface area contributed by atoms with Gasteiger partial charge >= 0.3 is 11.6 Å². The van der Waals surface area contributed by atoms with Gasteiger partial charge in [0.05, 0.1) is 0 Å². The van der Waals surface area contributed by atoms with Gasteiger partial charge in [-0.3, -0.25) is 0 Å². The summed E-state index contributed by atoms with van der Waals surface area (Å²) in [6.45, 7) is 8.13. The van der Waals surface area contributed by atoms with Gasteiger partial charge in [0, 0.05) is 17.5 Å². The van der Waals surface area contributed by atoms with Gasteiger partial charge in [0.2, 0.25) is 0 Å². The molecule has 2 aromatic rings. The highest BCUT2D eigenvalue weighted by atomic mass is 35.5. The summed E-state index contributed by atoms with van der Waals surface area (Å²) < 4.78 is 10.5. The van der Waals surface area contributed by atoms with Crippen LogP contribution in [0.25, 0.3) is 11.0 Å². The van der Waals surface area contributed by atoms with Gasteiger partial charge in [0.1, 0.15) is 10.8 Å². The number of hydrogen-bond donors (Lipinski definition) is 1. The maximum Gasteiger partial charge on any atom is 0.341 e. The highest BCUT2D eigenvalue weighted by molar-refractivity contribution is 6.36. The molecule has 136 valence electrons. The lowest BCUT2D eigenvalue weighted by atomic mass is 10.0. The molecule has 7 heteroatoms. The number of nitrogens with zero attached hydrogens (tertiary/aromatic N) is 1. The normalized spacial score (nSPS) is 11.2. The van der Waals surface area contributed by atoms with E-state index in [9.17, 15) is 9.59 Å². The van der Waals surface area contributed by atoms with E-state index >= 15 is 0 Å². The molecule has 1 heterocycles. The first kappa shape index (κ1) is 19.3. The Bertz CT molecular complexity index is 826. The van der Waals surface area contributed by atoms with E-state index in [2.05, 4.69) is 18.7 Å². The quantitative estimate of drug-likeness (QED) is 0.722. The van der Waals surface area contributed by atoms with Crippen molar-refractivity contribution in [2.75, 3.05) is 26.2 Å². The monoisotopic (exact) mass is 367 g/mol. The topological polar surface area (TPSA) is 80.0 Å². The zero-order valence-electron chi connectivity index (χ0n) is 14.6. The number of aryl methyl sites for hydroxylation is 1. The predicted octanol–water partition coefficient (Wildman–Crippen LogP) is 3.10. The molecule has 0 atom stereocenters. The molecule has 0 saturated carbocycles. The summed E-state index contributed by atoms with van der Waals surface area (Å²) in [6, 6.07) is 3.33. The van der Waals surface area contributed by atoms with Crippen LogP contribution in [0, 0.1) is 6.92 Å². The Kier molecular flexibility index (Phi) is 6.45. The molecule has 0 aliphatic rings. The molecule has 0 fully saturated rings. The van der Waals surface area contributed by atoms with Crippen LogP contribution < -0.4 is 10.4 Å². The van der Waals surface area contributed by atoms with Crippen LogP contribution in [0.15, 0.2) is 21.3 Å². The molecule has 0 unspecified atom stereocenters. The SMILES string of the molecule is CCN(CC)CCc1c(C)c2ccc(OCC(=O)O)c(Cl)c2oc1=O. The van der Waals surface area contributed by atoms with Crippen molar-refractivity contribution in [2.24, 2.45) is 0 Å². The van der Waals surface area contributed by atoms with Crippen LogP contribution in [0.2, 0.25) is 5.02 Å². The molecule has 0 spiro atoms. The van der Waals surface area contributed by atoms with Gasteiger partial charge in [-0.05, 0) is 44.1 Å². The maximum atomic E-state index is 12.4. The van der Waals surface area contributed by atoms with Crippen LogP contribution in [-0.2, 0) is 11.2 Å². The molecule has 0 radical (unpaired) electrons. The Balaban J connectivity index is 2.40. The summed E-state index contributed by atoms with van der Waals surface area (Å²) in [6.07, 6.45) is 0.598. The molecular weight excluding hydrogens is 346 g/mol. The minimum absolute atomic E-state index is 0.106. The smallest absolute Gasteiger partial charge is 0.341 e. The van der Waals surface area contributed by atoms with E-state index in [1.165, 1.54) is 0 Å². The minimum Gasteiger partial charge on any atom is -0.480 e. The molecule has 1 aromatic heterocycles. The van der Waals surface area contributed by atoms with Gasteiger partial charge in [-0.1, -0.05) is 25.4 Å². The molecule has 1 aromatic carbocycles. The summed E-state index contributed by atoms with van der Waals surface area (Å²) in [7, 11) is 0. The fourth-order valence-electron chi connectivity index (χ4n) is 2.75. The highest BCUT2D eigenvalue weighted by Gasteiger charge is 2.17. The van der Waals surface area contributed by atoms with E-state index in [0.717, 1.165) is 30.6 Å². The molecular formula is C18H22ClNO5. The Morgan fingerprint density at radius 2 is 2.00 bits per heavy atom. The van der Waals surface area contributed by atoms with E-state index in [4.69, 9.17) is 25.9 Å². The average molecular weight is 368 g/mol. The van der Waals surface area contributed by atoms with Crippen molar-refractivity contribution in [3.05, 3.63) is 38.7 Å². The number of carbonyl (C=O) groups is 1. The van der Waals surface area contributed by atoms with Crippen molar-refractivity contribution in [2.45, 2.75) is 27.2 Å². The van der Waals surface area contributed by atoms with Crippen molar-refractivity contribution in [1.29, 1.82) is 0 Å². The molecule has 1 N–H and O–H groups in total. The number of rotatable bonds is 8. The van der Waals surface area contributed by atoms with Gasteiger partial charge in [-0.2, -0.15) is 0 Å². The first-order valence-corrected chi connectivity index (χ1v) is 8.58. The number of carboxylic acid groups (broad SMARTS) is 1. The number of hydrogen-bond acceptors (Lipinski definition) is 5. The fraction of sp³-hybridized carbons (Fsp3) is 0.444. The van der Waals surface area contributed by atoms with Gasteiger partial charge in [0.15, 0.2) is 12.2 Å². The lowest BCUT2D eigenvalue weighted by molar-refractivity contribution is -0.139. The maximum absolute atomic E-state index is 12.4. The number of carboxylic acids is 1. The fourth-order valence-corrected chi connectivity index (χ4v) is 3.01. The zero-order valence-corrected chi connectivity index (χ0v) is 15.4. The second-order valence-electron chi connectivity index (χ2n) is 5.71. The van der Waals surface area contributed by atoms with Gasteiger partial charge in [-0.25, -0.2) is 9.59 Å². The van der Waals surface area contributed by atoms with E-state index in [1.54, 1.807) is 12.1 Å². The Morgan fingerprint density at radius 1 is 1.32 bits per heavy atom. The summed E-state index contributed by atoms with van der Waals surface area (Å²) in [5.41, 5.74) is 1.26. The highest BCUT2D eigenvalue weighted by Crippen LogP contribution is 2.34. The first-order valence-electron chi connectivity index (χ1n) is 8.20. The van der Waals surface area contributed by atoms with Crippen LogP contribution in [0.4, 0.5) is 0 Å². The molecule has 0 saturated heterocycles. The molecule has 2 rings (SSSR count). The van der Waals surface area contributed by atoms with Crippen molar-refractivity contribution in [3.63, 3.8) is 0 Å². The van der Waals surface area contributed by atoms with Crippen molar-refractivity contribution in [1.82, 2.24) is 4.90 Å². The van der Waals surface area contributed by atoms with Crippen LogP contribution in [0.1, 0.15) is 25.0 Å². The lowest BCUT2D eigenvalue weighted by Crippen LogP contribution is -2.27. The first-order chi connectivity index (χ1) is 11.9. The van der Waals surface area contributed by atoms with Crippen LogP contribution >= 0.6 is 11.6 Å². The van der Waals surface area contributed by atoms with E-state index in [1.807, 2.05) is 6.92 Å². The van der Waals surface area contributed by atoms with Crippen molar-refractivity contribution in [3.8, 4) is 5.75 Å². The Labute approximate surface area is 150 Å². The third-order valence-electron chi connectivity index (χ3n) is 4.28. The average Bonchev–Trinajstić information content (AvgIpc) is 2.58. The number of likely N-dealkylation sites (N-methyl/N-ethyl adjacent to an activating group) is 1. The second kappa shape index (κ2) is 8.36. The van der Waals surface area contributed by atoms with Gasteiger partial charge in [-0.15, -0.1) is 0 Å². The minimum atomic E-state index is -1.11. The second-order valence-corrected chi connectivity index (χ2v) is 6.08. The molecule has 0 bridgehead atoms. The van der Waals surface area contributed by atoms with Gasteiger partial charge < -0.3 is 19.2 Å². The summed E-state index contributed by atoms with van der Waals surface area (Å²) in [4.78, 5) is 25.3. The molecule has 25 heavy (non-hydrogen) atoms. The largest absolute Gasteiger partial charge is 0.480 e. The number of fused-ring (bicyclic) bond motifs is 1. The summed E-state index contributed by atoms with van der Waals surface area (Å²) in [5, 5.41) is 9.53. The number of aliphatic carboxylic acids is 1.